The molecule has 0 aliphatic carbocycles. The first-order valence-corrected chi connectivity index (χ1v) is 12.6. The zero-order valence-corrected chi connectivity index (χ0v) is 22.1. The molecule has 34 heavy (non-hydrogen) atoms. The summed E-state index contributed by atoms with van der Waals surface area (Å²) in [7, 11) is 1.72. The lowest BCUT2D eigenvalue weighted by molar-refractivity contribution is 0.0234. The summed E-state index contributed by atoms with van der Waals surface area (Å²) >= 11 is 4.95. The maximum absolute atomic E-state index is 12.6. The van der Waals surface area contributed by atoms with Crippen LogP contribution in [0.15, 0.2) is 51.0 Å². The molecule has 8 heteroatoms. The van der Waals surface area contributed by atoms with Crippen molar-refractivity contribution in [1.29, 1.82) is 0 Å². The van der Waals surface area contributed by atoms with E-state index < -0.39 is 5.60 Å². The molecule has 2 aromatic heterocycles. The molecule has 0 spiro atoms. The topological polar surface area (TPSA) is 82.6 Å². The third-order valence-corrected chi connectivity index (χ3v) is 7.39. The summed E-state index contributed by atoms with van der Waals surface area (Å²) in [5.41, 5.74) is 3.51. The fourth-order valence-corrected chi connectivity index (χ4v) is 5.41. The number of rotatable bonds is 4. The van der Waals surface area contributed by atoms with Crippen molar-refractivity contribution in [3.05, 3.63) is 67.7 Å². The first-order valence-electron chi connectivity index (χ1n) is 10.9. The lowest BCUT2D eigenvalue weighted by Gasteiger charge is -2.29. The highest BCUT2D eigenvalue weighted by molar-refractivity contribution is 9.10. The van der Waals surface area contributed by atoms with Gasteiger partial charge in [0.15, 0.2) is 0 Å². The molecule has 1 atom stereocenters. The number of aromatic nitrogens is 1. The van der Waals surface area contributed by atoms with Crippen molar-refractivity contribution in [2.75, 3.05) is 7.05 Å². The average molecular weight is 543 g/mol. The van der Waals surface area contributed by atoms with Gasteiger partial charge in [-0.2, -0.15) is 0 Å². The summed E-state index contributed by atoms with van der Waals surface area (Å²) in [6, 6.07) is 11.5. The summed E-state index contributed by atoms with van der Waals surface area (Å²) in [6.07, 6.45) is -0.380. The fourth-order valence-electron chi connectivity index (χ4n) is 4.04. The maximum Gasteiger partial charge on any atom is 0.410 e. The number of hydrogen-bond acceptors (Lipinski definition) is 5. The number of nitrogens with one attached hydrogen (secondary N) is 1. The van der Waals surface area contributed by atoms with Gasteiger partial charge < -0.3 is 19.7 Å². The predicted molar refractivity (Wildman–Crippen MR) is 141 cm³/mol. The van der Waals surface area contributed by atoms with Crippen molar-refractivity contribution >= 4 is 54.3 Å². The van der Waals surface area contributed by atoms with E-state index in [1.807, 2.05) is 69.5 Å². The van der Waals surface area contributed by atoms with Gasteiger partial charge in [0.25, 0.3) is 5.56 Å². The molecule has 0 saturated heterocycles. The number of aliphatic hydroxyl groups excluding tert-OH is 1. The minimum atomic E-state index is -0.563. The van der Waals surface area contributed by atoms with Gasteiger partial charge in [-0.3, -0.25) is 4.79 Å². The smallest absolute Gasteiger partial charge is 0.410 e. The number of pyridine rings is 1. The Morgan fingerprint density at radius 2 is 1.91 bits per heavy atom. The number of nitrogens with zero attached hydrogens (tertiary/aromatic N) is 1. The monoisotopic (exact) mass is 542 g/mol. The van der Waals surface area contributed by atoms with E-state index in [1.54, 1.807) is 11.9 Å². The van der Waals surface area contributed by atoms with E-state index in [9.17, 15) is 14.7 Å². The van der Waals surface area contributed by atoms with Crippen LogP contribution >= 0.6 is 27.3 Å². The lowest BCUT2D eigenvalue weighted by atomic mass is 9.92. The Labute approximate surface area is 210 Å². The molecule has 0 bridgehead atoms. The van der Waals surface area contributed by atoms with Gasteiger partial charge >= 0.3 is 6.09 Å². The van der Waals surface area contributed by atoms with Crippen LogP contribution in [0, 0.1) is 0 Å². The van der Waals surface area contributed by atoms with Crippen LogP contribution in [0.1, 0.15) is 44.9 Å². The summed E-state index contributed by atoms with van der Waals surface area (Å²) in [5, 5.41) is 13.8. The molecule has 0 aliphatic rings. The zero-order valence-electron chi connectivity index (χ0n) is 19.7. The number of carbonyl (C=O) groups is 1. The number of benzene rings is 2. The Bertz CT molecular complexity index is 1430. The highest BCUT2D eigenvalue weighted by atomic mass is 79.9. The predicted octanol–water partition coefficient (Wildman–Crippen LogP) is 6.59. The largest absolute Gasteiger partial charge is 0.444 e. The molecule has 2 N–H and O–H groups in total. The van der Waals surface area contributed by atoms with Crippen LogP contribution in [0.5, 0.6) is 0 Å². The summed E-state index contributed by atoms with van der Waals surface area (Å²) in [4.78, 5) is 29.6. The number of halogens is 1. The van der Waals surface area contributed by atoms with Crippen molar-refractivity contribution in [3.8, 4) is 11.1 Å². The maximum atomic E-state index is 12.6. The van der Waals surface area contributed by atoms with Gasteiger partial charge in [-0.1, -0.05) is 24.3 Å². The Kier molecular flexibility index (Phi) is 6.59. The number of H-pyrrole nitrogens is 1. The number of fused-ring (bicyclic) bond motifs is 3. The Morgan fingerprint density at radius 1 is 1.24 bits per heavy atom. The minimum absolute atomic E-state index is 0.129. The van der Waals surface area contributed by atoms with Crippen LogP contribution in [0.2, 0.25) is 0 Å². The molecule has 2 heterocycles. The number of carbonyl (C=O) groups excluding carboxylic acids is 1. The highest BCUT2D eigenvalue weighted by Crippen LogP contribution is 2.40. The SMILES string of the molecule is C[C@H](c1ccc(-c2c(CO)cc(Br)c3[nH]c(=O)c4sccc4c23)cc1)N(C)C(=O)OC(C)(C)C. The fraction of sp³-hybridized carbons (Fsp3) is 0.308. The van der Waals surface area contributed by atoms with Crippen LogP contribution in [0.4, 0.5) is 4.79 Å². The molecule has 0 unspecified atom stereocenters. The molecular formula is C26H27BrN2O4S. The second-order valence-electron chi connectivity index (χ2n) is 9.31. The third-order valence-electron chi connectivity index (χ3n) is 5.85. The molecule has 6 nitrogen and oxygen atoms in total. The summed E-state index contributed by atoms with van der Waals surface area (Å²) < 4.78 is 6.87. The standard InChI is InChI=1S/C26H27BrN2O4S/c1-14(29(5)25(32)33-26(2,3)4)15-6-8-16(9-7-15)20-17(13-30)12-19(27)22-21(20)18-10-11-34-23(18)24(31)28-22/h6-12,14,30H,13H2,1-5H3,(H,28,31)/t14-/m1/s1. The number of ether oxygens (including phenoxy) is 1. The van der Waals surface area contributed by atoms with Crippen LogP contribution in [0.3, 0.4) is 0 Å². The van der Waals surface area contributed by atoms with Gasteiger partial charge in [-0.15, -0.1) is 11.3 Å². The normalized spacial score (nSPS) is 12.8. The van der Waals surface area contributed by atoms with E-state index in [0.717, 1.165) is 37.5 Å². The molecule has 178 valence electrons. The Morgan fingerprint density at radius 3 is 2.53 bits per heavy atom. The first kappa shape index (κ1) is 24.4. The minimum Gasteiger partial charge on any atom is -0.444 e. The van der Waals surface area contributed by atoms with Gasteiger partial charge in [0.1, 0.15) is 10.3 Å². The van der Waals surface area contributed by atoms with Crippen LogP contribution < -0.4 is 5.56 Å². The van der Waals surface area contributed by atoms with Crippen LogP contribution in [-0.4, -0.2) is 33.7 Å². The molecule has 0 aliphatic heterocycles. The average Bonchev–Trinajstić information content (AvgIpc) is 3.28. The van der Waals surface area contributed by atoms with Gasteiger partial charge in [0, 0.05) is 22.3 Å². The lowest BCUT2D eigenvalue weighted by Crippen LogP contribution is -2.35. The van der Waals surface area contributed by atoms with Crippen molar-refractivity contribution in [2.45, 2.75) is 45.9 Å². The molecule has 0 fully saturated rings. The molecule has 1 amide bonds. The van der Waals surface area contributed by atoms with E-state index in [2.05, 4.69) is 20.9 Å². The van der Waals surface area contributed by atoms with E-state index in [0.29, 0.717) is 10.2 Å². The molecule has 2 aromatic carbocycles. The van der Waals surface area contributed by atoms with Gasteiger partial charge in [0.05, 0.1) is 18.2 Å². The van der Waals surface area contributed by atoms with E-state index >= 15 is 0 Å². The number of aromatic amines is 1. The third kappa shape index (κ3) is 4.50. The number of hydrogen-bond donors (Lipinski definition) is 2. The quantitative estimate of drug-likeness (QED) is 0.304. The van der Waals surface area contributed by atoms with Crippen molar-refractivity contribution in [1.82, 2.24) is 9.88 Å². The van der Waals surface area contributed by atoms with E-state index in [1.165, 1.54) is 11.3 Å². The molecule has 0 radical (unpaired) electrons. The number of amides is 1. The van der Waals surface area contributed by atoms with E-state index in [-0.39, 0.29) is 24.3 Å². The van der Waals surface area contributed by atoms with Crippen molar-refractivity contribution in [2.24, 2.45) is 0 Å². The summed E-state index contributed by atoms with van der Waals surface area (Å²) in [5.74, 6) is 0. The Balaban J connectivity index is 1.80. The van der Waals surface area contributed by atoms with Gasteiger partial charge in [0.2, 0.25) is 0 Å². The van der Waals surface area contributed by atoms with Crippen LogP contribution in [0.25, 0.3) is 32.1 Å². The molecule has 4 rings (SSSR count). The first-order chi connectivity index (χ1) is 16.0. The summed E-state index contributed by atoms with van der Waals surface area (Å²) in [6.45, 7) is 7.34. The van der Waals surface area contributed by atoms with Crippen molar-refractivity contribution in [3.63, 3.8) is 0 Å². The van der Waals surface area contributed by atoms with Crippen LogP contribution in [-0.2, 0) is 11.3 Å². The Hall–Kier alpha value is -2.68. The molecular weight excluding hydrogens is 516 g/mol. The second kappa shape index (κ2) is 9.17. The highest BCUT2D eigenvalue weighted by Gasteiger charge is 2.24. The van der Waals surface area contributed by atoms with Gasteiger partial charge in [-0.25, -0.2) is 4.79 Å². The number of aliphatic hydroxyl groups is 1. The van der Waals surface area contributed by atoms with E-state index in [4.69, 9.17) is 4.74 Å². The second-order valence-corrected chi connectivity index (χ2v) is 11.1. The van der Waals surface area contributed by atoms with Crippen molar-refractivity contribution < 1.29 is 14.6 Å². The molecule has 0 saturated carbocycles. The molecule has 4 aromatic rings. The van der Waals surface area contributed by atoms with Gasteiger partial charge in [-0.05, 0) is 83.4 Å². The number of thiophene rings is 1. The zero-order chi connectivity index (χ0) is 24.8.